The Bertz CT molecular complexity index is 298. The zero-order valence-electron chi connectivity index (χ0n) is 12.2. The molecular weight excluding hydrogens is 258 g/mol. The van der Waals surface area contributed by atoms with Crippen molar-refractivity contribution < 1.29 is 4.79 Å². The highest BCUT2D eigenvalue weighted by atomic mass is 32.2. The lowest BCUT2D eigenvalue weighted by Crippen LogP contribution is -2.49. The van der Waals surface area contributed by atoms with Gasteiger partial charge >= 0.3 is 6.03 Å². The molecule has 0 aliphatic carbocycles. The third-order valence-electron chi connectivity index (χ3n) is 3.81. The number of hydrogen-bond donors (Lipinski definition) is 1. The lowest BCUT2D eigenvalue weighted by atomic mass is 10.0. The average Bonchev–Trinajstić information content (AvgIpc) is 2.81. The number of carbonyl (C=O) groups is 1. The minimum atomic E-state index is 0.140. The number of nitrogens with zero attached hydrogens (tertiary/aromatic N) is 2. The molecule has 0 aromatic carbocycles. The van der Waals surface area contributed by atoms with E-state index < -0.39 is 0 Å². The first-order chi connectivity index (χ1) is 9.16. The molecule has 0 aromatic heterocycles. The van der Waals surface area contributed by atoms with Gasteiger partial charge in [0.2, 0.25) is 0 Å². The monoisotopic (exact) mass is 285 g/mol. The fourth-order valence-electron chi connectivity index (χ4n) is 2.84. The molecule has 2 aliphatic rings. The summed E-state index contributed by atoms with van der Waals surface area (Å²) in [4.78, 5) is 16.3. The highest BCUT2D eigenvalue weighted by Crippen LogP contribution is 2.18. The molecule has 19 heavy (non-hydrogen) atoms. The average molecular weight is 285 g/mol. The third kappa shape index (κ3) is 4.56. The van der Waals surface area contributed by atoms with Crippen LogP contribution in [0, 0.1) is 5.92 Å². The van der Waals surface area contributed by atoms with E-state index in [2.05, 4.69) is 35.8 Å². The number of amides is 2. The number of rotatable bonds is 6. The summed E-state index contributed by atoms with van der Waals surface area (Å²) in [6.45, 7) is 9.69. The highest BCUT2D eigenvalue weighted by molar-refractivity contribution is 7.99. The molecule has 2 rings (SSSR count). The number of thioether (sulfide) groups is 1. The molecule has 2 heterocycles. The van der Waals surface area contributed by atoms with Gasteiger partial charge in [-0.15, -0.1) is 0 Å². The summed E-state index contributed by atoms with van der Waals surface area (Å²) < 4.78 is 0. The second-order valence-corrected chi connectivity index (χ2v) is 7.14. The first kappa shape index (κ1) is 15.0. The molecule has 0 radical (unpaired) electrons. The molecule has 4 nitrogen and oxygen atoms in total. The number of hydrogen-bond acceptors (Lipinski definition) is 3. The third-order valence-corrected chi connectivity index (χ3v) is 5.19. The Morgan fingerprint density at radius 1 is 1.42 bits per heavy atom. The van der Waals surface area contributed by atoms with Crippen LogP contribution >= 0.6 is 11.8 Å². The fourth-order valence-corrected chi connectivity index (χ4v) is 3.86. The van der Waals surface area contributed by atoms with Crippen molar-refractivity contribution in [3.05, 3.63) is 0 Å². The summed E-state index contributed by atoms with van der Waals surface area (Å²) in [5.74, 6) is 3.26. The Hall–Kier alpha value is -0.420. The van der Waals surface area contributed by atoms with Crippen LogP contribution in [0.4, 0.5) is 4.79 Å². The molecule has 2 aliphatic heterocycles. The van der Waals surface area contributed by atoms with Gasteiger partial charge < -0.3 is 15.1 Å². The van der Waals surface area contributed by atoms with E-state index in [1.807, 2.05) is 4.90 Å². The summed E-state index contributed by atoms with van der Waals surface area (Å²) >= 11 is 2.05. The molecule has 110 valence electrons. The SMILES string of the molecule is CC(C)CSCCN1CCC[C@@H](N2CCNC2=O)C1. The predicted molar refractivity (Wildman–Crippen MR) is 81.7 cm³/mol. The van der Waals surface area contributed by atoms with Crippen molar-refractivity contribution in [3.8, 4) is 0 Å². The molecular formula is C14H27N3OS. The van der Waals surface area contributed by atoms with Crippen LogP contribution in [0.1, 0.15) is 26.7 Å². The quantitative estimate of drug-likeness (QED) is 0.757. The second kappa shape index (κ2) is 7.39. The molecule has 2 amide bonds. The van der Waals surface area contributed by atoms with Gasteiger partial charge in [0.15, 0.2) is 0 Å². The minimum absolute atomic E-state index is 0.140. The van der Waals surface area contributed by atoms with Crippen LogP contribution in [0.3, 0.4) is 0 Å². The summed E-state index contributed by atoms with van der Waals surface area (Å²) in [5.41, 5.74) is 0. The molecule has 0 unspecified atom stereocenters. The van der Waals surface area contributed by atoms with Gasteiger partial charge in [0, 0.05) is 38.0 Å². The molecule has 1 N–H and O–H groups in total. The van der Waals surface area contributed by atoms with Gasteiger partial charge in [0.1, 0.15) is 0 Å². The molecule has 1 atom stereocenters. The van der Waals surface area contributed by atoms with E-state index in [1.54, 1.807) is 0 Å². The molecule has 5 heteroatoms. The first-order valence-electron chi connectivity index (χ1n) is 7.51. The second-order valence-electron chi connectivity index (χ2n) is 5.99. The van der Waals surface area contributed by atoms with E-state index in [0.29, 0.717) is 6.04 Å². The van der Waals surface area contributed by atoms with Crippen molar-refractivity contribution in [2.45, 2.75) is 32.7 Å². The van der Waals surface area contributed by atoms with Crippen LogP contribution in [0.15, 0.2) is 0 Å². The Morgan fingerprint density at radius 2 is 2.26 bits per heavy atom. The van der Waals surface area contributed by atoms with Crippen molar-refractivity contribution in [2.24, 2.45) is 5.92 Å². The molecule has 0 aromatic rings. The maximum atomic E-state index is 11.7. The summed E-state index contributed by atoms with van der Waals surface area (Å²) in [7, 11) is 0. The van der Waals surface area contributed by atoms with Crippen molar-refractivity contribution >= 4 is 17.8 Å². The highest BCUT2D eigenvalue weighted by Gasteiger charge is 2.30. The van der Waals surface area contributed by atoms with Gasteiger partial charge in [0.25, 0.3) is 0 Å². The normalized spacial score (nSPS) is 25.1. The van der Waals surface area contributed by atoms with Gasteiger partial charge in [-0.25, -0.2) is 4.79 Å². The zero-order valence-corrected chi connectivity index (χ0v) is 13.0. The van der Waals surface area contributed by atoms with E-state index >= 15 is 0 Å². The van der Waals surface area contributed by atoms with Crippen LogP contribution in [0.2, 0.25) is 0 Å². The molecule has 2 fully saturated rings. The number of nitrogens with one attached hydrogen (secondary N) is 1. The summed E-state index contributed by atoms with van der Waals surface area (Å²) in [5, 5.41) is 2.91. The Balaban J connectivity index is 1.70. The van der Waals surface area contributed by atoms with Crippen LogP contribution in [0.25, 0.3) is 0 Å². The standard InChI is InChI=1S/C14H27N3OS/c1-12(2)11-19-9-8-16-6-3-4-13(10-16)17-7-5-15-14(17)18/h12-13H,3-11H2,1-2H3,(H,15,18)/t13-/m1/s1. The lowest BCUT2D eigenvalue weighted by Gasteiger charge is -2.37. The van der Waals surface area contributed by atoms with E-state index in [1.165, 1.54) is 37.4 Å². The number of carbonyl (C=O) groups excluding carboxylic acids is 1. The van der Waals surface area contributed by atoms with Crippen molar-refractivity contribution in [1.82, 2.24) is 15.1 Å². The van der Waals surface area contributed by atoms with Crippen LogP contribution < -0.4 is 5.32 Å². The van der Waals surface area contributed by atoms with Crippen LogP contribution in [-0.2, 0) is 0 Å². The van der Waals surface area contributed by atoms with Gasteiger partial charge in [-0.3, -0.25) is 0 Å². The van der Waals surface area contributed by atoms with Crippen molar-refractivity contribution in [1.29, 1.82) is 0 Å². The van der Waals surface area contributed by atoms with E-state index in [-0.39, 0.29) is 6.03 Å². The largest absolute Gasteiger partial charge is 0.336 e. The predicted octanol–water partition coefficient (Wildman–Crippen LogP) is 1.87. The van der Waals surface area contributed by atoms with E-state index in [0.717, 1.165) is 25.6 Å². The molecule has 0 spiro atoms. The smallest absolute Gasteiger partial charge is 0.317 e. The molecule has 2 saturated heterocycles. The van der Waals surface area contributed by atoms with Crippen molar-refractivity contribution in [3.63, 3.8) is 0 Å². The van der Waals surface area contributed by atoms with E-state index in [9.17, 15) is 4.79 Å². The van der Waals surface area contributed by atoms with Gasteiger partial charge in [-0.2, -0.15) is 11.8 Å². The first-order valence-corrected chi connectivity index (χ1v) is 8.67. The zero-order chi connectivity index (χ0) is 13.7. The molecule has 0 saturated carbocycles. The molecule has 0 bridgehead atoms. The minimum Gasteiger partial charge on any atom is -0.336 e. The van der Waals surface area contributed by atoms with Crippen molar-refractivity contribution in [2.75, 3.05) is 44.2 Å². The Labute approximate surface area is 121 Å². The van der Waals surface area contributed by atoms with Gasteiger partial charge in [0.05, 0.1) is 0 Å². The van der Waals surface area contributed by atoms with Gasteiger partial charge in [-0.05, 0) is 31.1 Å². The summed E-state index contributed by atoms with van der Waals surface area (Å²) in [6, 6.07) is 0.576. The maximum absolute atomic E-state index is 11.7. The number of likely N-dealkylation sites (tertiary alicyclic amines) is 1. The number of piperidine rings is 1. The fraction of sp³-hybridized carbons (Fsp3) is 0.929. The lowest BCUT2D eigenvalue weighted by molar-refractivity contribution is 0.131. The van der Waals surface area contributed by atoms with E-state index in [4.69, 9.17) is 0 Å². The Kier molecular flexibility index (Phi) is 5.82. The summed E-state index contributed by atoms with van der Waals surface area (Å²) in [6.07, 6.45) is 2.40. The van der Waals surface area contributed by atoms with Gasteiger partial charge in [-0.1, -0.05) is 13.8 Å². The topological polar surface area (TPSA) is 35.6 Å². The Morgan fingerprint density at radius 3 is 2.95 bits per heavy atom. The maximum Gasteiger partial charge on any atom is 0.317 e. The van der Waals surface area contributed by atoms with Crippen LogP contribution in [-0.4, -0.2) is 66.1 Å². The number of urea groups is 1. The van der Waals surface area contributed by atoms with Crippen LogP contribution in [0.5, 0.6) is 0 Å².